The van der Waals surface area contributed by atoms with Crippen LogP contribution in [0.15, 0.2) is 94.9 Å². The van der Waals surface area contributed by atoms with Crippen LogP contribution in [0.5, 0.6) is 0 Å². The molecule has 2 unspecified atom stereocenters. The number of allylic oxidation sites excluding steroid dienone is 8. The second kappa shape index (κ2) is 19.1. The van der Waals surface area contributed by atoms with Crippen molar-refractivity contribution in [3.8, 4) is 0 Å². The molecule has 0 amide bonds. The minimum absolute atomic E-state index is 0.0718. The molecule has 0 aromatic carbocycles. The van der Waals surface area contributed by atoms with Crippen molar-refractivity contribution in [3.63, 3.8) is 0 Å². The lowest BCUT2D eigenvalue weighted by Gasteiger charge is -2.45. The Morgan fingerprint density at radius 2 is 0.855 bits per heavy atom. The van der Waals surface area contributed by atoms with E-state index < -0.39 is 93.9 Å². The van der Waals surface area contributed by atoms with Crippen LogP contribution in [-0.2, 0) is 85.7 Å². The number of rotatable bonds is 14. The molecule has 1 saturated carbocycles. The number of aliphatic hydroxyl groups excluding tert-OH is 2. The van der Waals surface area contributed by atoms with E-state index in [-0.39, 0.29) is 75.7 Å². The van der Waals surface area contributed by atoms with E-state index in [9.17, 15) is 48.6 Å². The lowest BCUT2D eigenvalue weighted by atomic mass is 9.87. The predicted molar refractivity (Wildman–Crippen MR) is 203 cm³/mol. The fraction of sp³-hybridized carbons (Fsp3) is 0.429. The zero-order valence-electron chi connectivity index (χ0n) is 34.1. The number of ether oxygens (including phenoxy) is 10. The quantitative estimate of drug-likeness (QED) is 0.0820. The lowest BCUT2D eigenvalue weighted by Crippen LogP contribution is -2.56. The maximum atomic E-state index is 12.9. The van der Waals surface area contributed by atoms with Gasteiger partial charge in [-0.25, -0.2) is 28.8 Å². The van der Waals surface area contributed by atoms with Crippen LogP contribution in [0.2, 0.25) is 0 Å². The molecule has 2 atom stereocenters. The Morgan fingerprint density at radius 1 is 0.516 bits per heavy atom. The number of hydrogen-bond donors (Lipinski definition) is 2. The maximum absolute atomic E-state index is 12.9. The largest absolute Gasteiger partial charge is 0.480 e. The van der Waals surface area contributed by atoms with Gasteiger partial charge in [-0.15, -0.1) is 0 Å². The van der Waals surface area contributed by atoms with Crippen LogP contribution in [0.3, 0.4) is 0 Å². The third-order valence-corrected chi connectivity index (χ3v) is 9.58. The Balaban J connectivity index is 1.11. The van der Waals surface area contributed by atoms with Crippen molar-refractivity contribution in [1.29, 1.82) is 0 Å². The molecule has 0 radical (unpaired) electrons. The number of hydrogen-bond acceptors (Lipinski definition) is 20. The molecule has 3 fully saturated rings. The molecule has 5 rings (SSSR count). The Kier molecular flexibility index (Phi) is 14.1. The Hall–Kier alpha value is -7.12. The van der Waals surface area contributed by atoms with E-state index in [2.05, 4.69) is 0 Å². The minimum atomic E-state index is -1.72. The van der Waals surface area contributed by atoms with Crippen LogP contribution in [-0.4, -0.2) is 94.3 Å². The highest BCUT2D eigenvalue weighted by molar-refractivity contribution is 6.16. The molecule has 2 saturated heterocycles. The Morgan fingerprint density at radius 3 is 1.16 bits per heavy atom. The monoisotopic (exact) mass is 868 g/mol. The number of carbonyl (C=O) groups is 8. The van der Waals surface area contributed by atoms with Gasteiger partial charge in [-0.3, -0.25) is 9.59 Å². The summed E-state index contributed by atoms with van der Waals surface area (Å²) in [6.45, 7) is 6.38. The third kappa shape index (κ3) is 11.2. The summed E-state index contributed by atoms with van der Waals surface area (Å²) in [4.78, 5) is 100.0. The summed E-state index contributed by atoms with van der Waals surface area (Å²) in [5, 5.41) is 20.6. The van der Waals surface area contributed by atoms with Crippen molar-refractivity contribution >= 4 is 47.8 Å². The van der Waals surface area contributed by atoms with Gasteiger partial charge >= 0.3 is 47.8 Å². The molecule has 0 aromatic rings. The fourth-order valence-corrected chi connectivity index (χ4v) is 6.38. The summed E-state index contributed by atoms with van der Waals surface area (Å²) in [5.74, 6) is -15.1. The summed E-state index contributed by atoms with van der Waals surface area (Å²) >= 11 is 0. The van der Waals surface area contributed by atoms with Crippen LogP contribution in [0.4, 0.5) is 0 Å². The van der Waals surface area contributed by atoms with E-state index in [1.54, 1.807) is 13.8 Å². The van der Waals surface area contributed by atoms with Gasteiger partial charge in [0.1, 0.15) is 22.3 Å². The smallest absolute Gasteiger partial charge is 0.348 e. The molecular formula is C42H44O20. The average Bonchev–Trinajstić information content (AvgIpc) is 3.18. The third-order valence-electron chi connectivity index (χ3n) is 9.58. The van der Waals surface area contributed by atoms with E-state index in [4.69, 9.17) is 47.4 Å². The van der Waals surface area contributed by atoms with E-state index in [1.165, 1.54) is 50.3 Å². The second-order valence-corrected chi connectivity index (χ2v) is 14.3. The van der Waals surface area contributed by atoms with Gasteiger partial charge in [-0.05, 0) is 38.2 Å². The van der Waals surface area contributed by atoms with Gasteiger partial charge < -0.3 is 57.6 Å². The number of cyclic esters (lactones) is 2. The number of aliphatic hydroxyl groups is 2. The highest BCUT2D eigenvalue weighted by Gasteiger charge is 2.57. The van der Waals surface area contributed by atoms with E-state index in [0.29, 0.717) is 0 Å². The van der Waals surface area contributed by atoms with Crippen LogP contribution in [0, 0.1) is 0 Å². The summed E-state index contributed by atoms with van der Waals surface area (Å²) in [6.07, 6.45) is 11.2. The predicted octanol–water partition coefficient (Wildman–Crippen LogP) is 4.04. The van der Waals surface area contributed by atoms with Crippen molar-refractivity contribution in [3.05, 3.63) is 94.9 Å². The second-order valence-electron chi connectivity index (χ2n) is 14.3. The van der Waals surface area contributed by atoms with Gasteiger partial charge in [-0.1, -0.05) is 36.5 Å². The first-order chi connectivity index (χ1) is 29.3. The fourth-order valence-electron chi connectivity index (χ4n) is 6.38. The first kappa shape index (κ1) is 46.0. The summed E-state index contributed by atoms with van der Waals surface area (Å²) in [7, 11) is 0. The van der Waals surface area contributed by atoms with E-state index in [1.807, 2.05) is 0 Å². The summed E-state index contributed by atoms with van der Waals surface area (Å²) in [6, 6.07) is 0. The molecule has 4 heterocycles. The molecule has 20 nitrogen and oxygen atoms in total. The molecule has 332 valence electrons. The molecule has 1 aliphatic carbocycles. The number of esters is 8. The van der Waals surface area contributed by atoms with Crippen molar-refractivity contribution in [2.75, 3.05) is 13.2 Å². The summed E-state index contributed by atoms with van der Waals surface area (Å²) < 4.78 is 52.8. The van der Waals surface area contributed by atoms with Crippen molar-refractivity contribution in [2.24, 2.45) is 0 Å². The zero-order chi connectivity index (χ0) is 45.3. The van der Waals surface area contributed by atoms with Gasteiger partial charge in [0.15, 0.2) is 0 Å². The van der Waals surface area contributed by atoms with Crippen molar-refractivity contribution < 1.29 is 95.9 Å². The van der Waals surface area contributed by atoms with Crippen LogP contribution < -0.4 is 0 Å². The van der Waals surface area contributed by atoms with Crippen LogP contribution in [0.25, 0.3) is 0 Å². The standard InChI is InChI=1S/C42H44O20/c1-5-53-29(43)17-19-39(3)55-31(45)25(32(46)56-39)13-9-7-11-15-27-35(49)59-41(60-36(27)50)21-23-42(24-22-41)61-37(51)28(38(52)62-42)16-12-8-10-14-26-33(47)57-40(4,58-34(26)48)20-18-30(44)54-6-2/h7-16,45,47H,5-6,17-24H2,1-4H3/b11-7+,12-8+,13-9+,14-10+,27-15?,28-16?. The van der Waals surface area contributed by atoms with Gasteiger partial charge in [0.25, 0.3) is 35.0 Å². The van der Waals surface area contributed by atoms with E-state index in [0.717, 1.165) is 24.3 Å². The van der Waals surface area contributed by atoms with Gasteiger partial charge in [0.2, 0.25) is 0 Å². The normalized spacial score (nSPS) is 27.8. The highest BCUT2D eigenvalue weighted by atomic mass is 16.8. The van der Waals surface area contributed by atoms with Crippen molar-refractivity contribution in [2.45, 2.75) is 102 Å². The minimum Gasteiger partial charge on any atom is -0.480 e. The van der Waals surface area contributed by atoms with Gasteiger partial charge in [0.05, 0.1) is 26.1 Å². The Bertz CT molecular complexity index is 1940. The molecule has 2 spiro atoms. The summed E-state index contributed by atoms with van der Waals surface area (Å²) in [5.41, 5.74) is -1.58. The molecular weight excluding hydrogens is 824 g/mol. The number of carbonyl (C=O) groups excluding carboxylic acids is 8. The molecule has 20 heteroatoms. The molecule has 0 bridgehead atoms. The first-order valence-electron chi connectivity index (χ1n) is 19.4. The Labute approximate surface area is 353 Å². The van der Waals surface area contributed by atoms with Gasteiger partial charge in [-0.2, -0.15) is 0 Å². The van der Waals surface area contributed by atoms with Crippen LogP contribution in [0.1, 0.15) is 79.1 Å². The molecule has 62 heavy (non-hydrogen) atoms. The molecule has 4 aliphatic heterocycles. The highest BCUT2D eigenvalue weighted by Crippen LogP contribution is 2.45. The zero-order valence-corrected chi connectivity index (χ0v) is 34.1. The van der Waals surface area contributed by atoms with Gasteiger partial charge in [0, 0.05) is 52.4 Å². The van der Waals surface area contributed by atoms with E-state index >= 15 is 0 Å². The lowest BCUT2D eigenvalue weighted by molar-refractivity contribution is -0.291. The molecule has 5 aliphatic rings. The molecule has 0 aromatic heterocycles. The maximum Gasteiger partial charge on any atom is 0.348 e. The van der Waals surface area contributed by atoms with Crippen molar-refractivity contribution in [1.82, 2.24) is 0 Å². The first-order valence-corrected chi connectivity index (χ1v) is 19.4. The van der Waals surface area contributed by atoms with Crippen LogP contribution >= 0.6 is 0 Å². The molecule has 2 N–H and O–H groups in total. The topological polar surface area (TPSA) is 269 Å². The SMILES string of the molecule is CCOC(=O)CCC1(C)OC(=O)C(/C=C/C=C/C=C2C(=O)OC3(CCC4(CC3)OC(=O)C(=C/C=C/C=C/C3=C(O)OC(C)(CCC(=O)OCC)OC3=O)C(=O)O4)OC2=O)=C(O)O1. The average molecular weight is 869 g/mol.